The van der Waals surface area contributed by atoms with Gasteiger partial charge in [0.25, 0.3) is 0 Å². The lowest BCUT2D eigenvalue weighted by Gasteiger charge is -2.43. The van der Waals surface area contributed by atoms with Crippen LogP contribution in [0, 0.1) is 0 Å². The maximum atomic E-state index is 13.0. The second-order valence-electron chi connectivity index (χ2n) is 8.10. The highest BCUT2D eigenvalue weighted by atomic mass is 35.5. The van der Waals surface area contributed by atoms with Gasteiger partial charge < -0.3 is 19.1 Å². The molecule has 2 aromatic rings. The summed E-state index contributed by atoms with van der Waals surface area (Å²) in [5, 5.41) is 10.7. The minimum absolute atomic E-state index is 0.0459. The summed E-state index contributed by atoms with van der Waals surface area (Å²) >= 11 is 6.24. The van der Waals surface area contributed by atoms with Crippen molar-refractivity contribution in [1.82, 2.24) is 0 Å². The zero-order valence-electron chi connectivity index (χ0n) is 16.2. The Hall–Kier alpha value is -2.08. The molecule has 0 radical (unpaired) electrons. The Bertz CT molecular complexity index is 925. The van der Waals surface area contributed by atoms with E-state index in [-0.39, 0.29) is 25.2 Å². The average molecular weight is 403 g/mol. The van der Waals surface area contributed by atoms with Crippen molar-refractivity contribution in [2.24, 2.45) is 0 Å². The molecule has 28 heavy (non-hydrogen) atoms. The Labute approximate surface area is 170 Å². The summed E-state index contributed by atoms with van der Waals surface area (Å²) in [6.45, 7) is 0.950. The van der Waals surface area contributed by atoms with Crippen molar-refractivity contribution in [2.75, 3.05) is 27.4 Å². The van der Waals surface area contributed by atoms with Gasteiger partial charge in [0.15, 0.2) is 11.5 Å². The lowest BCUT2D eigenvalue weighted by molar-refractivity contribution is -0.922. The van der Waals surface area contributed by atoms with E-state index in [1.165, 1.54) is 0 Å². The molecular weight excluding hydrogens is 378 g/mol. The molecule has 2 heterocycles. The monoisotopic (exact) mass is 402 g/mol. The third kappa shape index (κ3) is 3.39. The number of aliphatic hydroxyl groups excluding tert-OH is 1. The fourth-order valence-corrected chi connectivity index (χ4v) is 4.57. The van der Waals surface area contributed by atoms with Crippen LogP contribution in [-0.2, 0) is 24.2 Å². The van der Waals surface area contributed by atoms with E-state index in [0.717, 1.165) is 35.2 Å². The number of rotatable bonds is 5. The number of hydrogen-bond donors (Lipinski definition) is 1. The molecule has 1 N–H and O–H groups in total. The maximum absolute atomic E-state index is 13.0. The Morgan fingerprint density at radius 3 is 2.82 bits per heavy atom. The van der Waals surface area contributed by atoms with Gasteiger partial charge >= 0.3 is 0 Å². The fraction of sp³-hybridized carbons (Fsp3) is 0.409. The number of benzene rings is 2. The van der Waals surface area contributed by atoms with E-state index >= 15 is 0 Å². The van der Waals surface area contributed by atoms with Crippen LogP contribution in [0.3, 0.4) is 0 Å². The van der Waals surface area contributed by atoms with Crippen LogP contribution >= 0.6 is 11.6 Å². The molecule has 4 rings (SSSR count). The molecular formula is C22H25ClNO4+. The van der Waals surface area contributed by atoms with Crippen molar-refractivity contribution >= 4 is 17.4 Å². The van der Waals surface area contributed by atoms with Crippen molar-refractivity contribution < 1.29 is 23.9 Å². The molecule has 0 aromatic heterocycles. The Morgan fingerprint density at radius 2 is 2.07 bits per heavy atom. The van der Waals surface area contributed by atoms with E-state index in [2.05, 4.69) is 14.1 Å². The summed E-state index contributed by atoms with van der Waals surface area (Å²) < 4.78 is 11.9. The third-order valence-electron chi connectivity index (χ3n) is 5.95. The van der Waals surface area contributed by atoms with Gasteiger partial charge in [-0.2, -0.15) is 0 Å². The van der Waals surface area contributed by atoms with Crippen molar-refractivity contribution in [3.05, 3.63) is 57.6 Å². The van der Waals surface area contributed by atoms with E-state index in [1.807, 2.05) is 30.3 Å². The largest absolute Gasteiger partial charge is 0.454 e. The van der Waals surface area contributed by atoms with Gasteiger partial charge in [-0.25, -0.2) is 0 Å². The molecule has 148 valence electrons. The van der Waals surface area contributed by atoms with Crippen LogP contribution in [0.25, 0.3) is 0 Å². The second-order valence-corrected chi connectivity index (χ2v) is 8.51. The number of ketones is 1. The molecule has 0 saturated heterocycles. The molecule has 0 spiro atoms. The standard InChI is InChI=1S/C22H25ClNO4/c1-24(2)8-7-15-10-20-22(28-13-27-20)17(12-25)21(15)19(24)11-16(26)9-14-5-3-4-6-18(14)23/h3-6,10,19,25H,7-9,11-13H2,1-2H3/q+1. The number of carbonyl (C=O) groups excluding carboxylic acids is 1. The first kappa shape index (κ1) is 19.2. The van der Waals surface area contributed by atoms with Gasteiger partial charge in [-0.15, -0.1) is 0 Å². The highest BCUT2D eigenvalue weighted by molar-refractivity contribution is 6.31. The number of aliphatic hydroxyl groups is 1. The quantitative estimate of drug-likeness (QED) is 0.778. The number of ether oxygens (including phenoxy) is 2. The molecule has 0 amide bonds. The molecule has 2 aromatic carbocycles. The first-order chi connectivity index (χ1) is 13.4. The highest BCUT2D eigenvalue weighted by Gasteiger charge is 2.41. The SMILES string of the molecule is C[N+]1(C)CCc2cc3c(c(CO)c2C1CC(=O)Cc1ccccc1Cl)OCO3. The van der Waals surface area contributed by atoms with Crippen LogP contribution in [0.15, 0.2) is 30.3 Å². The molecule has 0 saturated carbocycles. The summed E-state index contributed by atoms with van der Waals surface area (Å²) in [6, 6.07) is 9.44. The lowest BCUT2D eigenvalue weighted by Crippen LogP contribution is -2.49. The third-order valence-corrected chi connectivity index (χ3v) is 6.32. The Balaban J connectivity index is 1.69. The van der Waals surface area contributed by atoms with E-state index in [1.54, 1.807) is 0 Å². The van der Waals surface area contributed by atoms with E-state index in [0.29, 0.717) is 33.8 Å². The highest BCUT2D eigenvalue weighted by Crippen LogP contribution is 2.47. The first-order valence-corrected chi connectivity index (χ1v) is 9.91. The summed E-state index contributed by atoms with van der Waals surface area (Å²) in [6.07, 6.45) is 1.57. The van der Waals surface area contributed by atoms with Crippen LogP contribution in [-0.4, -0.2) is 42.8 Å². The van der Waals surface area contributed by atoms with Gasteiger partial charge in [0.2, 0.25) is 6.79 Å². The van der Waals surface area contributed by atoms with E-state index in [9.17, 15) is 9.90 Å². The predicted octanol–water partition coefficient (Wildman–Crippen LogP) is 3.44. The topological polar surface area (TPSA) is 55.8 Å². The fourth-order valence-electron chi connectivity index (χ4n) is 4.37. The summed E-state index contributed by atoms with van der Waals surface area (Å²) in [5.41, 5.74) is 3.78. The minimum Gasteiger partial charge on any atom is -0.454 e. The zero-order chi connectivity index (χ0) is 19.9. The molecule has 2 aliphatic heterocycles. The molecule has 2 aliphatic rings. The van der Waals surface area contributed by atoms with Crippen LogP contribution in [0.1, 0.15) is 34.7 Å². The van der Waals surface area contributed by atoms with Gasteiger partial charge in [-0.3, -0.25) is 4.79 Å². The van der Waals surface area contributed by atoms with Crippen LogP contribution in [0.4, 0.5) is 0 Å². The summed E-state index contributed by atoms with van der Waals surface area (Å²) in [4.78, 5) is 13.0. The number of fused-ring (bicyclic) bond motifs is 2. The van der Waals surface area contributed by atoms with Crippen molar-refractivity contribution in [1.29, 1.82) is 0 Å². The molecule has 0 aliphatic carbocycles. The van der Waals surface area contributed by atoms with Gasteiger partial charge in [0.05, 0.1) is 33.7 Å². The number of likely N-dealkylation sites (N-methyl/N-ethyl adjacent to an activating group) is 1. The predicted molar refractivity (Wildman–Crippen MR) is 107 cm³/mol. The molecule has 1 atom stereocenters. The van der Waals surface area contributed by atoms with E-state index in [4.69, 9.17) is 21.1 Å². The van der Waals surface area contributed by atoms with Crippen molar-refractivity contribution in [3.63, 3.8) is 0 Å². The lowest BCUT2D eigenvalue weighted by atomic mass is 9.83. The zero-order valence-corrected chi connectivity index (χ0v) is 17.0. The smallest absolute Gasteiger partial charge is 0.231 e. The summed E-state index contributed by atoms with van der Waals surface area (Å²) in [7, 11) is 4.28. The van der Waals surface area contributed by atoms with E-state index < -0.39 is 0 Å². The average Bonchev–Trinajstić information content (AvgIpc) is 3.12. The maximum Gasteiger partial charge on any atom is 0.231 e. The minimum atomic E-state index is -0.135. The van der Waals surface area contributed by atoms with Gasteiger partial charge in [0.1, 0.15) is 11.8 Å². The molecule has 0 bridgehead atoms. The summed E-state index contributed by atoms with van der Waals surface area (Å²) in [5.74, 6) is 1.45. The number of quaternary nitrogens is 1. The molecule has 6 heteroatoms. The molecule has 1 unspecified atom stereocenters. The number of hydrogen-bond acceptors (Lipinski definition) is 4. The van der Waals surface area contributed by atoms with Crippen LogP contribution < -0.4 is 9.47 Å². The van der Waals surface area contributed by atoms with Gasteiger partial charge in [-0.1, -0.05) is 29.8 Å². The van der Waals surface area contributed by atoms with Crippen molar-refractivity contribution in [3.8, 4) is 11.5 Å². The Kier molecular flexibility index (Phi) is 5.08. The molecule has 0 fully saturated rings. The molecule has 5 nitrogen and oxygen atoms in total. The Morgan fingerprint density at radius 1 is 1.29 bits per heavy atom. The number of carbonyl (C=O) groups is 1. The normalized spacial score (nSPS) is 19.4. The first-order valence-electron chi connectivity index (χ1n) is 9.53. The number of nitrogens with zero attached hydrogens (tertiary/aromatic N) is 1. The van der Waals surface area contributed by atoms with Crippen LogP contribution in [0.5, 0.6) is 11.5 Å². The second kappa shape index (κ2) is 7.39. The van der Waals surface area contributed by atoms with Gasteiger partial charge in [-0.05, 0) is 23.3 Å². The van der Waals surface area contributed by atoms with Crippen molar-refractivity contribution in [2.45, 2.75) is 31.9 Å². The van der Waals surface area contributed by atoms with Gasteiger partial charge in [0, 0.05) is 29.0 Å². The van der Waals surface area contributed by atoms with Crippen LogP contribution in [0.2, 0.25) is 5.02 Å². The number of Topliss-reactive ketones (excluding diaryl/α,β-unsaturated/α-hetero) is 1. The number of halogens is 1.